The standard InChI is InChI=1S/C71H79N.C69H73N/c1-66(2,3)54-36-50(35-51(37-54)53-40-57(69(10,11)12)44-58(41-53)70(13,14)15)48-23-20-22-47(34-48)49-24-21-25-60(42-49)72(61-32-33-63-62-26-18-19-27-64(62)71(16,17)65(63)45-61)59-30-28-46(29-31-59)52-38-55(67(4,5)6)43-56(39-52)68(7,8)9;1-66(2,3)55-39-52(38-53(40-55)54-41-56(67(4,5)6)44-57(42-54)68(7,8)9)49-26-19-25-48(36-49)50-27-21-29-58(43-50)70(59-34-35-62-61-31-15-17-32-63(61)69(10,11)64(62)45-59)65-33-18-16-30-60(65)51-28-20-24-47(37-51)46-22-13-12-14-23-46/h18-45H,1-17H3;15-21,24-46H,12-14,22-23H2,1-11H3. The smallest absolute Gasteiger partial charge is 0.0540 e. The molecule has 3 aliphatic carbocycles. The molecule has 0 N–H and O–H groups in total. The molecule has 0 radical (unpaired) electrons. The monoisotopic (exact) mass is 1860 g/mol. The first kappa shape index (κ1) is 99.3. The summed E-state index contributed by atoms with van der Waals surface area (Å²) in [5.41, 5.74) is 49.7. The molecule has 1 fully saturated rings. The molecule has 2 heteroatoms. The van der Waals surface area contributed by atoms with Gasteiger partial charge in [0.25, 0.3) is 0 Å². The molecule has 0 aromatic heterocycles. The predicted octanol–water partition coefficient (Wildman–Crippen LogP) is 40.7. The molecule has 16 aromatic rings. The van der Waals surface area contributed by atoms with E-state index in [0.717, 1.165) is 28.4 Å². The third kappa shape index (κ3) is 20.5. The normalized spacial score (nSPS) is 14.3. The lowest BCUT2D eigenvalue weighted by Crippen LogP contribution is -2.17. The quantitative estimate of drug-likeness (QED) is 0.101. The third-order valence-electron chi connectivity index (χ3n) is 31.1. The molecule has 16 aromatic carbocycles. The Hall–Kier alpha value is -12.9. The minimum Gasteiger partial charge on any atom is -0.310 e. The van der Waals surface area contributed by atoms with E-state index in [-0.39, 0.29) is 54.1 Å². The minimum atomic E-state index is -0.128. The number of nitrogens with zero attached hydrogens (tertiary/aromatic N) is 2. The van der Waals surface area contributed by atoms with E-state index in [9.17, 15) is 0 Å². The van der Waals surface area contributed by atoms with Crippen molar-refractivity contribution in [3.8, 4) is 111 Å². The van der Waals surface area contributed by atoms with Crippen molar-refractivity contribution >= 4 is 34.1 Å². The van der Waals surface area contributed by atoms with Gasteiger partial charge in [0.15, 0.2) is 0 Å². The first-order valence-electron chi connectivity index (χ1n) is 52.5. The summed E-state index contributed by atoms with van der Waals surface area (Å²) < 4.78 is 0. The molecule has 722 valence electrons. The Bertz CT molecular complexity index is 7330. The highest BCUT2D eigenvalue weighted by molar-refractivity contribution is 5.94. The summed E-state index contributed by atoms with van der Waals surface area (Å²) in [6.45, 7) is 65.3. The molecule has 3 aliphatic rings. The summed E-state index contributed by atoms with van der Waals surface area (Å²) >= 11 is 0. The van der Waals surface area contributed by atoms with Crippen molar-refractivity contribution in [1.29, 1.82) is 0 Å². The zero-order valence-corrected chi connectivity index (χ0v) is 90.4. The Balaban J connectivity index is 0.000000187. The van der Waals surface area contributed by atoms with Crippen LogP contribution in [0.15, 0.2) is 346 Å². The summed E-state index contributed by atoms with van der Waals surface area (Å²) in [7, 11) is 0. The molecule has 0 bridgehead atoms. The maximum Gasteiger partial charge on any atom is 0.0540 e. The molecule has 0 amide bonds. The van der Waals surface area contributed by atoms with Gasteiger partial charge in [-0.1, -0.05) is 468 Å². The van der Waals surface area contributed by atoms with Crippen molar-refractivity contribution in [3.63, 3.8) is 0 Å². The van der Waals surface area contributed by atoms with E-state index in [0.29, 0.717) is 5.92 Å². The second kappa shape index (κ2) is 37.5. The van der Waals surface area contributed by atoms with Crippen LogP contribution in [-0.4, -0.2) is 0 Å². The minimum absolute atomic E-state index is 0.0282. The van der Waals surface area contributed by atoms with E-state index in [1.54, 1.807) is 0 Å². The van der Waals surface area contributed by atoms with Gasteiger partial charge in [-0.15, -0.1) is 0 Å². The fraction of sp³-hybridized carbons (Fsp3) is 0.314. The fourth-order valence-corrected chi connectivity index (χ4v) is 21.8. The predicted molar refractivity (Wildman–Crippen MR) is 616 cm³/mol. The van der Waals surface area contributed by atoms with Crippen LogP contribution in [0.5, 0.6) is 0 Å². The van der Waals surface area contributed by atoms with Crippen LogP contribution in [-0.2, 0) is 54.1 Å². The number of para-hydroxylation sites is 1. The summed E-state index contributed by atoms with van der Waals surface area (Å²) in [6.07, 6.45) is 6.57. The number of anilines is 6. The Labute approximate surface area is 853 Å². The van der Waals surface area contributed by atoms with Crippen LogP contribution in [0.3, 0.4) is 0 Å². The number of benzene rings is 16. The van der Waals surface area contributed by atoms with E-state index < -0.39 is 0 Å². The summed E-state index contributed by atoms with van der Waals surface area (Å²) in [5, 5.41) is 0. The van der Waals surface area contributed by atoms with Gasteiger partial charge in [0, 0.05) is 44.8 Å². The lowest BCUT2D eigenvalue weighted by atomic mass is 9.78. The van der Waals surface area contributed by atoms with Gasteiger partial charge in [0.1, 0.15) is 0 Å². The van der Waals surface area contributed by atoms with Crippen molar-refractivity contribution in [3.05, 3.63) is 418 Å². The van der Waals surface area contributed by atoms with Crippen LogP contribution in [0.2, 0.25) is 0 Å². The van der Waals surface area contributed by atoms with Crippen LogP contribution in [0.1, 0.15) is 304 Å². The zero-order valence-electron chi connectivity index (χ0n) is 90.4. The largest absolute Gasteiger partial charge is 0.310 e. The molecular formula is C140H152N2. The van der Waals surface area contributed by atoms with Crippen LogP contribution >= 0.6 is 0 Å². The number of hydrogen-bond donors (Lipinski definition) is 0. The molecule has 0 heterocycles. The SMILES string of the molecule is CC(C)(C)c1cc(-c2cccc(-c3cccc(N(c4ccc(-c5cc(C(C)(C)C)cc(C(C)(C)C)c5)cc4)c4ccc5c(c4)C(C)(C)c4ccccc4-5)c3)c2)cc(-c2cc(C(C)(C)C)cc(C(C)(C)C)c2)c1.CC(C)(C)c1cc(-c2cccc(-c3cccc(N(c4ccc5c(c4)C(C)(C)c4ccccc4-5)c4ccccc4-c4cccc(C5CCCCC5)c4)c3)c2)cc(-c2cc(C(C)(C)C)cc(C(C)(C)C)c2)c1. The Morgan fingerprint density at radius 2 is 0.451 bits per heavy atom. The average molecular weight is 1860 g/mol. The second-order valence-electron chi connectivity index (χ2n) is 50.8. The van der Waals surface area contributed by atoms with E-state index in [1.165, 1.54) is 221 Å². The van der Waals surface area contributed by atoms with Gasteiger partial charge in [0.2, 0.25) is 0 Å². The molecule has 19 rings (SSSR count). The van der Waals surface area contributed by atoms with Gasteiger partial charge < -0.3 is 9.80 Å². The molecule has 0 atom stereocenters. The first-order chi connectivity index (χ1) is 66.9. The average Bonchev–Trinajstić information content (AvgIpc) is 1.57. The van der Waals surface area contributed by atoms with E-state index in [1.807, 2.05) is 0 Å². The fourth-order valence-electron chi connectivity index (χ4n) is 21.8. The molecule has 142 heavy (non-hydrogen) atoms. The Morgan fingerprint density at radius 3 is 0.838 bits per heavy atom. The van der Waals surface area contributed by atoms with Gasteiger partial charge >= 0.3 is 0 Å². The number of fused-ring (bicyclic) bond motifs is 6. The first-order valence-corrected chi connectivity index (χ1v) is 52.5. The van der Waals surface area contributed by atoms with E-state index in [4.69, 9.17) is 0 Å². The Kier molecular flexibility index (Phi) is 26.2. The van der Waals surface area contributed by atoms with Gasteiger partial charge in [0.05, 0.1) is 5.69 Å². The topological polar surface area (TPSA) is 6.48 Å². The second-order valence-corrected chi connectivity index (χ2v) is 50.8. The lowest BCUT2D eigenvalue weighted by Gasteiger charge is -2.30. The van der Waals surface area contributed by atoms with Gasteiger partial charge in [-0.3, -0.25) is 0 Å². The summed E-state index contributed by atoms with van der Waals surface area (Å²) in [4.78, 5) is 4.98. The highest BCUT2D eigenvalue weighted by Crippen LogP contribution is 2.56. The van der Waals surface area contributed by atoms with Crippen molar-refractivity contribution in [2.45, 2.75) is 286 Å². The van der Waals surface area contributed by atoms with Crippen LogP contribution in [0.4, 0.5) is 34.1 Å². The number of rotatable bonds is 15. The van der Waals surface area contributed by atoms with E-state index in [2.05, 4.69) is 549 Å². The van der Waals surface area contributed by atoms with E-state index >= 15 is 0 Å². The highest BCUT2D eigenvalue weighted by Gasteiger charge is 2.39. The molecule has 0 saturated heterocycles. The number of hydrogen-bond acceptors (Lipinski definition) is 2. The molecule has 0 unspecified atom stereocenters. The molecule has 0 aliphatic heterocycles. The van der Waals surface area contributed by atoms with Crippen molar-refractivity contribution in [2.75, 3.05) is 9.80 Å². The van der Waals surface area contributed by atoms with Crippen molar-refractivity contribution < 1.29 is 0 Å². The molecule has 1 saturated carbocycles. The van der Waals surface area contributed by atoms with Crippen molar-refractivity contribution in [2.24, 2.45) is 0 Å². The molecule has 0 spiro atoms. The van der Waals surface area contributed by atoms with Crippen LogP contribution in [0, 0.1) is 0 Å². The summed E-state index contributed by atoms with van der Waals surface area (Å²) in [6, 6.07) is 133. The van der Waals surface area contributed by atoms with Crippen molar-refractivity contribution in [1.82, 2.24) is 0 Å². The molecular weight excluding hydrogens is 1710 g/mol. The maximum atomic E-state index is 2.52. The summed E-state index contributed by atoms with van der Waals surface area (Å²) in [5.74, 6) is 0.633. The maximum absolute atomic E-state index is 2.52. The van der Waals surface area contributed by atoms with Gasteiger partial charge in [-0.2, -0.15) is 0 Å². The highest BCUT2D eigenvalue weighted by atomic mass is 15.2. The van der Waals surface area contributed by atoms with Gasteiger partial charge in [-0.25, -0.2) is 0 Å². The molecule has 2 nitrogen and oxygen atoms in total. The van der Waals surface area contributed by atoms with Crippen LogP contribution in [0.25, 0.3) is 111 Å². The Morgan fingerprint density at radius 1 is 0.183 bits per heavy atom. The zero-order chi connectivity index (χ0) is 101. The lowest BCUT2D eigenvalue weighted by molar-refractivity contribution is 0.444. The van der Waals surface area contributed by atoms with Crippen LogP contribution < -0.4 is 9.80 Å². The third-order valence-corrected chi connectivity index (χ3v) is 31.1. The van der Waals surface area contributed by atoms with Gasteiger partial charge in [-0.05, 0) is 331 Å².